The Balaban J connectivity index is 2.00. The molecular weight excluding hydrogens is 370 g/mol. The average molecular weight is 390 g/mol. The van der Waals surface area contributed by atoms with Crippen molar-refractivity contribution in [2.75, 3.05) is 5.32 Å². The number of pyridine rings is 1. The van der Waals surface area contributed by atoms with Crippen LogP contribution in [0.4, 0.5) is 5.69 Å². The maximum atomic E-state index is 12.5. The highest BCUT2D eigenvalue weighted by Crippen LogP contribution is 2.23. The Labute approximate surface area is 150 Å². The third-order valence-electron chi connectivity index (χ3n) is 3.77. The minimum atomic E-state index is -1.19. The highest BCUT2D eigenvalue weighted by atomic mass is 79.9. The molecule has 1 heterocycles. The van der Waals surface area contributed by atoms with E-state index in [4.69, 9.17) is 0 Å². The number of halogens is 1. The summed E-state index contributed by atoms with van der Waals surface area (Å²) in [6.45, 7) is 5.53. The minimum absolute atomic E-state index is 0.331. The van der Waals surface area contributed by atoms with Crippen molar-refractivity contribution >= 4 is 33.4 Å². The number of carbonyl (C=O) groups is 2. The Morgan fingerprint density at radius 2 is 1.79 bits per heavy atom. The molecule has 6 heteroatoms. The molecule has 1 aromatic carbocycles. The van der Waals surface area contributed by atoms with E-state index in [1.54, 1.807) is 26.2 Å². The minimum Gasteiger partial charge on any atom is -0.351 e. The summed E-state index contributed by atoms with van der Waals surface area (Å²) in [5, 5.41) is 5.58. The predicted octanol–water partition coefficient (Wildman–Crippen LogP) is 3.43. The molecular formula is C18H20BrN3O2. The zero-order valence-electron chi connectivity index (χ0n) is 13.9. The van der Waals surface area contributed by atoms with E-state index in [1.807, 2.05) is 37.3 Å². The summed E-state index contributed by atoms with van der Waals surface area (Å²) in [4.78, 5) is 28.8. The van der Waals surface area contributed by atoms with Crippen LogP contribution in [-0.2, 0) is 16.1 Å². The second-order valence-corrected chi connectivity index (χ2v) is 6.94. The Morgan fingerprint density at radius 1 is 1.12 bits per heavy atom. The molecule has 0 atom stereocenters. The van der Waals surface area contributed by atoms with Crippen molar-refractivity contribution in [3.63, 3.8) is 0 Å². The van der Waals surface area contributed by atoms with Crippen LogP contribution in [-0.4, -0.2) is 16.8 Å². The lowest BCUT2D eigenvalue weighted by Crippen LogP contribution is -2.44. The highest BCUT2D eigenvalue weighted by Gasteiger charge is 2.35. The van der Waals surface area contributed by atoms with Gasteiger partial charge in [-0.25, -0.2) is 0 Å². The lowest BCUT2D eigenvalue weighted by Gasteiger charge is -2.23. The molecule has 2 aromatic rings. The normalized spacial score (nSPS) is 11.0. The van der Waals surface area contributed by atoms with Gasteiger partial charge in [0.05, 0.1) is 0 Å². The quantitative estimate of drug-likeness (QED) is 0.769. The van der Waals surface area contributed by atoms with Gasteiger partial charge in [0.2, 0.25) is 11.8 Å². The summed E-state index contributed by atoms with van der Waals surface area (Å²) >= 11 is 3.43. The third kappa shape index (κ3) is 4.41. The van der Waals surface area contributed by atoms with E-state index in [-0.39, 0.29) is 11.8 Å². The maximum absolute atomic E-state index is 12.5. The first-order chi connectivity index (χ1) is 11.3. The Bertz CT molecular complexity index is 745. The van der Waals surface area contributed by atoms with Gasteiger partial charge < -0.3 is 10.6 Å². The van der Waals surface area contributed by atoms with E-state index >= 15 is 0 Å². The van der Waals surface area contributed by atoms with Gasteiger partial charge in [0.25, 0.3) is 0 Å². The van der Waals surface area contributed by atoms with Crippen LogP contribution in [0, 0.1) is 12.3 Å². The lowest BCUT2D eigenvalue weighted by atomic mass is 9.90. The molecule has 2 rings (SSSR count). The first kappa shape index (κ1) is 18.1. The van der Waals surface area contributed by atoms with Crippen molar-refractivity contribution in [3.8, 4) is 0 Å². The molecule has 0 unspecified atom stereocenters. The SMILES string of the molecule is Cc1ccc(NC(=O)C(C)(C)C(=O)NCc2ccncc2)cc1Br. The number of anilines is 1. The van der Waals surface area contributed by atoms with Crippen LogP contribution in [0.1, 0.15) is 25.0 Å². The van der Waals surface area contributed by atoms with Crippen LogP contribution in [0.2, 0.25) is 0 Å². The lowest BCUT2D eigenvalue weighted by molar-refractivity contribution is -0.138. The molecule has 0 fully saturated rings. The summed E-state index contributed by atoms with van der Waals surface area (Å²) < 4.78 is 0.903. The van der Waals surface area contributed by atoms with Crippen molar-refractivity contribution < 1.29 is 9.59 Å². The van der Waals surface area contributed by atoms with Crippen molar-refractivity contribution in [1.29, 1.82) is 0 Å². The van der Waals surface area contributed by atoms with Crippen molar-refractivity contribution in [2.45, 2.75) is 27.3 Å². The zero-order valence-corrected chi connectivity index (χ0v) is 15.5. The summed E-state index contributed by atoms with van der Waals surface area (Å²) in [5.41, 5.74) is 1.46. The molecule has 2 amide bonds. The van der Waals surface area contributed by atoms with Gasteiger partial charge in [-0.15, -0.1) is 0 Å². The van der Waals surface area contributed by atoms with Gasteiger partial charge in [-0.1, -0.05) is 22.0 Å². The number of nitrogens with zero attached hydrogens (tertiary/aromatic N) is 1. The van der Waals surface area contributed by atoms with Crippen molar-refractivity contribution in [3.05, 3.63) is 58.3 Å². The summed E-state index contributed by atoms with van der Waals surface area (Å²) in [6.07, 6.45) is 3.32. The molecule has 2 N–H and O–H groups in total. The molecule has 0 saturated carbocycles. The molecule has 0 spiro atoms. The number of hydrogen-bond donors (Lipinski definition) is 2. The number of benzene rings is 1. The average Bonchev–Trinajstić information content (AvgIpc) is 2.56. The smallest absolute Gasteiger partial charge is 0.239 e. The van der Waals surface area contributed by atoms with E-state index in [1.165, 1.54) is 0 Å². The van der Waals surface area contributed by atoms with Gasteiger partial charge >= 0.3 is 0 Å². The van der Waals surface area contributed by atoms with E-state index in [9.17, 15) is 9.59 Å². The molecule has 1 aromatic heterocycles. The van der Waals surface area contributed by atoms with Crippen LogP contribution in [0.15, 0.2) is 47.2 Å². The second kappa shape index (κ2) is 7.57. The Kier molecular flexibility index (Phi) is 5.72. The van der Waals surface area contributed by atoms with Crippen LogP contribution < -0.4 is 10.6 Å². The van der Waals surface area contributed by atoms with Gasteiger partial charge in [0, 0.05) is 29.1 Å². The number of aryl methyl sites for hydroxylation is 1. The fraction of sp³-hybridized carbons (Fsp3) is 0.278. The topological polar surface area (TPSA) is 71.1 Å². The first-order valence-electron chi connectivity index (χ1n) is 7.55. The molecule has 126 valence electrons. The molecule has 24 heavy (non-hydrogen) atoms. The largest absolute Gasteiger partial charge is 0.351 e. The summed E-state index contributed by atoms with van der Waals surface area (Å²) in [5.74, 6) is -0.687. The Morgan fingerprint density at radius 3 is 2.42 bits per heavy atom. The molecule has 5 nitrogen and oxygen atoms in total. The van der Waals surface area contributed by atoms with Crippen LogP contribution in [0.3, 0.4) is 0 Å². The predicted molar refractivity (Wildman–Crippen MR) is 97.4 cm³/mol. The van der Waals surface area contributed by atoms with E-state index in [2.05, 4.69) is 31.5 Å². The fourth-order valence-corrected chi connectivity index (χ4v) is 2.34. The molecule has 0 radical (unpaired) electrons. The van der Waals surface area contributed by atoms with Gasteiger partial charge in [-0.3, -0.25) is 14.6 Å². The van der Waals surface area contributed by atoms with E-state index in [0.29, 0.717) is 12.2 Å². The third-order valence-corrected chi connectivity index (χ3v) is 4.62. The standard InChI is InChI=1S/C18H20BrN3O2/c1-12-4-5-14(10-15(12)19)22-17(24)18(2,3)16(23)21-11-13-6-8-20-9-7-13/h4-10H,11H2,1-3H3,(H,21,23)(H,22,24). The van der Waals surface area contributed by atoms with Gasteiger partial charge in [0.1, 0.15) is 5.41 Å². The van der Waals surface area contributed by atoms with Crippen LogP contribution in [0.25, 0.3) is 0 Å². The van der Waals surface area contributed by atoms with Gasteiger partial charge in [-0.2, -0.15) is 0 Å². The summed E-state index contributed by atoms with van der Waals surface area (Å²) in [7, 11) is 0. The van der Waals surface area contributed by atoms with E-state index in [0.717, 1.165) is 15.6 Å². The number of rotatable bonds is 5. The van der Waals surface area contributed by atoms with Crippen molar-refractivity contribution in [2.24, 2.45) is 5.41 Å². The zero-order chi connectivity index (χ0) is 17.7. The molecule has 0 bridgehead atoms. The number of aromatic nitrogens is 1. The Hall–Kier alpha value is -2.21. The molecule has 0 aliphatic rings. The molecule has 0 saturated heterocycles. The monoisotopic (exact) mass is 389 g/mol. The maximum Gasteiger partial charge on any atom is 0.239 e. The van der Waals surface area contributed by atoms with Crippen LogP contribution in [0.5, 0.6) is 0 Å². The number of carbonyl (C=O) groups excluding carboxylic acids is 2. The van der Waals surface area contributed by atoms with Crippen LogP contribution >= 0.6 is 15.9 Å². The number of hydrogen-bond acceptors (Lipinski definition) is 3. The number of amides is 2. The van der Waals surface area contributed by atoms with Gasteiger partial charge in [0.15, 0.2) is 0 Å². The van der Waals surface area contributed by atoms with Crippen molar-refractivity contribution in [1.82, 2.24) is 10.3 Å². The molecule has 0 aliphatic heterocycles. The van der Waals surface area contributed by atoms with Gasteiger partial charge in [-0.05, 0) is 56.2 Å². The first-order valence-corrected chi connectivity index (χ1v) is 8.35. The summed E-state index contributed by atoms with van der Waals surface area (Å²) in [6, 6.07) is 9.16. The number of nitrogens with one attached hydrogen (secondary N) is 2. The fourth-order valence-electron chi connectivity index (χ4n) is 1.97. The van der Waals surface area contributed by atoms with E-state index < -0.39 is 5.41 Å². The molecule has 0 aliphatic carbocycles. The second-order valence-electron chi connectivity index (χ2n) is 6.08. The highest BCUT2D eigenvalue weighted by molar-refractivity contribution is 9.10.